The van der Waals surface area contributed by atoms with E-state index in [4.69, 9.17) is 0 Å². The first-order valence-corrected chi connectivity index (χ1v) is 8.11. The van der Waals surface area contributed by atoms with Crippen molar-refractivity contribution >= 4 is 11.6 Å². The molecule has 0 saturated carbocycles. The molecule has 3 aromatic rings. The molecule has 0 aliphatic rings. The number of benzene rings is 1. The van der Waals surface area contributed by atoms with Crippen LogP contribution < -0.4 is 10.9 Å². The van der Waals surface area contributed by atoms with Gasteiger partial charge in [-0.1, -0.05) is 30.3 Å². The zero-order chi connectivity index (χ0) is 17.8. The number of aliphatic hydroxyl groups excluding tert-OH is 1. The molecule has 0 unspecified atom stereocenters. The maximum Gasteiger partial charge on any atom is 0.276 e. The SMILES string of the molecule is Cc1nc2cc[nH]n2c(=O)c1CCC(=O)N[C@H](CO)c1ccccc1. The number of hydrogen-bond acceptors (Lipinski definition) is 4. The lowest BCUT2D eigenvalue weighted by atomic mass is 10.1. The smallest absolute Gasteiger partial charge is 0.276 e. The van der Waals surface area contributed by atoms with Crippen LogP contribution in [0.25, 0.3) is 5.65 Å². The molecule has 2 heterocycles. The number of aromatic nitrogens is 3. The maximum absolute atomic E-state index is 12.4. The first-order chi connectivity index (χ1) is 12.1. The number of H-pyrrole nitrogens is 1. The van der Waals surface area contributed by atoms with Gasteiger partial charge >= 0.3 is 0 Å². The van der Waals surface area contributed by atoms with Crippen LogP contribution in [0.1, 0.15) is 29.3 Å². The number of aliphatic hydroxyl groups is 1. The molecule has 0 saturated heterocycles. The van der Waals surface area contributed by atoms with Gasteiger partial charge in [0.05, 0.1) is 12.6 Å². The Hall–Kier alpha value is -2.93. The van der Waals surface area contributed by atoms with Crippen LogP contribution in [0.3, 0.4) is 0 Å². The molecule has 3 N–H and O–H groups in total. The Kier molecular flexibility index (Phi) is 4.95. The number of nitrogens with one attached hydrogen (secondary N) is 2. The summed E-state index contributed by atoms with van der Waals surface area (Å²) in [6.45, 7) is 1.58. The summed E-state index contributed by atoms with van der Waals surface area (Å²) < 4.78 is 1.36. The summed E-state index contributed by atoms with van der Waals surface area (Å²) in [7, 11) is 0. The molecular formula is C18H20N4O3. The third-order valence-corrected chi connectivity index (χ3v) is 4.17. The number of aromatic amines is 1. The molecule has 1 aromatic carbocycles. The minimum Gasteiger partial charge on any atom is -0.394 e. The molecule has 0 fully saturated rings. The molecule has 0 radical (unpaired) electrons. The second-order valence-corrected chi connectivity index (χ2v) is 5.85. The number of rotatable bonds is 6. The Labute approximate surface area is 144 Å². The first kappa shape index (κ1) is 16.9. The van der Waals surface area contributed by atoms with Crippen molar-refractivity contribution in [3.63, 3.8) is 0 Å². The molecular weight excluding hydrogens is 320 g/mol. The van der Waals surface area contributed by atoms with Crippen LogP contribution in [-0.4, -0.2) is 32.2 Å². The lowest BCUT2D eigenvalue weighted by molar-refractivity contribution is -0.122. The van der Waals surface area contributed by atoms with Gasteiger partial charge < -0.3 is 10.4 Å². The fourth-order valence-electron chi connectivity index (χ4n) is 2.82. The van der Waals surface area contributed by atoms with E-state index in [0.717, 1.165) is 5.56 Å². The number of fused-ring (bicyclic) bond motifs is 1. The van der Waals surface area contributed by atoms with Gasteiger partial charge in [-0.25, -0.2) is 9.50 Å². The van der Waals surface area contributed by atoms with Gasteiger partial charge in [0.25, 0.3) is 5.56 Å². The third-order valence-electron chi connectivity index (χ3n) is 4.17. The predicted octanol–water partition coefficient (Wildman–Crippen LogP) is 1.11. The van der Waals surface area contributed by atoms with Gasteiger partial charge in [-0.15, -0.1) is 0 Å². The summed E-state index contributed by atoms with van der Waals surface area (Å²) in [5.41, 5.74) is 2.33. The molecule has 0 aliphatic carbocycles. The second-order valence-electron chi connectivity index (χ2n) is 5.85. The molecule has 1 amide bonds. The van der Waals surface area contributed by atoms with Crippen LogP contribution in [0.2, 0.25) is 0 Å². The minimum atomic E-state index is -0.458. The lowest BCUT2D eigenvalue weighted by Crippen LogP contribution is -2.31. The van der Waals surface area contributed by atoms with Gasteiger partial charge in [0, 0.05) is 29.9 Å². The van der Waals surface area contributed by atoms with Crippen LogP contribution in [0, 0.1) is 6.92 Å². The topological polar surface area (TPSA) is 99.5 Å². The van der Waals surface area contributed by atoms with E-state index in [9.17, 15) is 14.7 Å². The molecule has 3 rings (SSSR count). The van der Waals surface area contributed by atoms with E-state index in [1.54, 1.807) is 19.2 Å². The highest BCUT2D eigenvalue weighted by Gasteiger charge is 2.16. The summed E-state index contributed by atoms with van der Waals surface area (Å²) in [6.07, 6.45) is 2.08. The van der Waals surface area contributed by atoms with E-state index in [2.05, 4.69) is 15.4 Å². The lowest BCUT2D eigenvalue weighted by Gasteiger charge is -2.16. The number of carbonyl (C=O) groups is 1. The molecule has 7 nitrogen and oxygen atoms in total. The zero-order valence-electron chi connectivity index (χ0n) is 13.9. The highest BCUT2D eigenvalue weighted by molar-refractivity contribution is 5.76. The molecule has 1 atom stereocenters. The molecule has 130 valence electrons. The highest BCUT2D eigenvalue weighted by Crippen LogP contribution is 2.12. The summed E-state index contributed by atoms with van der Waals surface area (Å²) in [5.74, 6) is -0.224. The summed E-state index contributed by atoms with van der Waals surface area (Å²) >= 11 is 0. The Balaban J connectivity index is 1.69. The van der Waals surface area contributed by atoms with Gasteiger partial charge in [-0.2, -0.15) is 0 Å². The highest BCUT2D eigenvalue weighted by atomic mass is 16.3. The Morgan fingerprint density at radius 3 is 2.80 bits per heavy atom. The fraction of sp³-hybridized carbons (Fsp3) is 0.278. The molecule has 0 bridgehead atoms. The summed E-state index contributed by atoms with van der Waals surface area (Å²) in [6, 6.07) is 10.5. The van der Waals surface area contributed by atoms with Crippen LogP contribution in [0.5, 0.6) is 0 Å². The Bertz CT molecular complexity index is 930. The van der Waals surface area contributed by atoms with Crippen molar-refractivity contribution in [1.29, 1.82) is 0 Å². The van der Waals surface area contributed by atoms with Crippen LogP contribution in [-0.2, 0) is 11.2 Å². The van der Waals surface area contributed by atoms with Crippen molar-refractivity contribution in [2.45, 2.75) is 25.8 Å². The molecule has 25 heavy (non-hydrogen) atoms. The van der Waals surface area contributed by atoms with Crippen LogP contribution >= 0.6 is 0 Å². The number of hydrogen-bond donors (Lipinski definition) is 3. The second kappa shape index (κ2) is 7.31. The fourth-order valence-corrected chi connectivity index (χ4v) is 2.82. The Morgan fingerprint density at radius 1 is 1.32 bits per heavy atom. The number of aryl methyl sites for hydroxylation is 1. The van der Waals surface area contributed by atoms with Crippen molar-refractivity contribution in [2.24, 2.45) is 0 Å². The molecule has 2 aromatic heterocycles. The van der Waals surface area contributed by atoms with Crippen molar-refractivity contribution in [3.8, 4) is 0 Å². The molecule has 0 spiro atoms. The number of nitrogens with zero attached hydrogens (tertiary/aromatic N) is 2. The summed E-state index contributed by atoms with van der Waals surface area (Å²) in [4.78, 5) is 29.0. The average Bonchev–Trinajstić information content (AvgIpc) is 3.08. The van der Waals surface area contributed by atoms with E-state index < -0.39 is 6.04 Å². The van der Waals surface area contributed by atoms with E-state index in [1.807, 2.05) is 30.3 Å². The van der Waals surface area contributed by atoms with Crippen molar-refractivity contribution < 1.29 is 9.90 Å². The van der Waals surface area contributed by atoms with Crippen LogP contribution in [0.4, 0.5) is 0 Å². The van der Waals surface area contributed by atoms with Crippen molar-refractivity contribution in [3.05, 3.63) is 69.8 Å². The van der Waals surface area contributed by atoms with Crippen molar-refractivity contribution in [1.82, 2.24) is 19.9 Å². The standard InChI is InChI=1S/C18H20N4O3/c1-12-14(18(25)22-16(20-12)9-10-19-22)7-8-17(24)21-15(11-23)13-5-3-2-4-6-13/h2-6,9-10,15,19,23H,7-8,11H2,1H3,(H,21,24)/t15-/m1/s1. The van der Waals surface area contributed by atoms with E-state index in [1.165, 1.54) is 4.52 Å². The minimum absolute atomic E-state index is 0.147. The zero-order valence-corrected chi connectivity index (χ0v) is 13.9. The van der Waals surface area contributed by atoms with Crippen molar-refractivity contribution in [2.75, 3.05) is 6.61 Å². The van der Waals surface area contributed by atoms with Gasteiger partial charge in [-0.05, 0) is 18.9 Å². The quantitative estimate of drug-likeness (QED) is 0.626. The van der Waals surface area contributed by atoms with Gasteiger partial charge in [-0.3, -0.25) is 14.7 Å². The maximum atomic E-state index is 12.4. The Morgan fingerprint density at radius 2 is 2.08 bits per heavy atom. The largest absolute Gasteiger partial charge is 0.394 e. The normalized spacial score (nSPS) is 12.2. The third kappa shape index (κ3) is 3.61. The molecule has 0 aliphatic heterocycles. The van der Waals surface area contributed by atoms with Crippen LogP contribution in [0.15, 0.2) is 47.4 Å². The number of amides is 1. The van der Waals surface area contributed by atoms with E-state index >= 15 is 0 Å². The average molecular weight is 340 g/mol. The summed E-state index contributed by atoms with van der Waals surface area (Å²) in [5, 5.41) is 15.1. The predicted molar refractivity (Wildman–Crippen MR) is 93.3 cm³/mol. The number of carbonyl (C=O) groups excluding carboxylic acids is 1. The first-order valence-electron chi connectivity index (χ1n) is 8.11. The van der Waals surface area contributed by atoms with Gasteiger partial charge in [0.15, 0.2) is 5.65 Å². The monoisotopic (exact) mass is 340 g/mol. The van der Waals surface area contributed by atoms with Gasteiger partial charge in [0.1, 0.15) is 0 Å². The van der Waals surface area contributed by atoms with E-state index in [0.29, 0.717) is 23.3 Å². The van der Waals surface area contributed by atoms with E-state index in [-0.39, 0.29) is 24.5 Å². The molecule has 7 heteroatoms. The van der Waals surface area contributed by atoms with Gasteiger partial charge in [0.2, 0.25) is 5.91 Å².